The molecule has 0 saturated heterocycles. The van der Waals surface area contributed by atoms with Gasteiger partial charge < -0.3 is 0 Å². The first-order valence-corrected chi connectivity index (χ1v) is 6.17. The van der Waals surface area contributed by atoms with Crippen molar-refractivity contribution in [3.63, 3.8) is 0 Å². The zero-order valence-electron chi connectivity index (χ0n) is 8.20. The molecule has 1 heterocycles. The Morgan fingerprint density at radius 3 is 2.69 bits per heavy atom. The number of thioether (sulfide) groups is 2. The second-order valence-corrected chi connectivity index (χ2v) is 6.61. The van der Waals surface area contributed by atoms with E-state index >= 15 is 0 Å². The molecule has 1 aromatic rings. The van der Waals surface area contributed by atoms with E-state index < -0.39 is 0 Å². The third kappa shape index (κ3) is 5.21. The van der Waals surface area contributed by atoms with Gasteiger partial charge in [-0.25, -0.2) is 4.98 Å². The van der Waals surface area contributed by atoms with Crippen LogP contribution in [0.3, 0.4) is 0 Å². The monoisotopic (exact) mass is 217 g/mol. The van der Waals surface area contributed by atoms with E-state index in [1.54, 1.807) is 18.1 Å². The smallest absolute Gasteiger partial charge is 0.183 e. The van der Waals surface area contributed by atoms with Gasteiger partial charge in [-0.2, -0.15) is 16.9 Å². The Morgan fingerprint density at radius 2 is 2.15 bits per heavy atom. The summed E-state index contributed by atoms with van der Waals surface area (Å²) in [5, 5.41) is 7.52. The Hall–Kier alpha value is -0.160. The van der Waals surface area contributed by atoms with Crippen LogP contribution in [0, 0.1) is 0 Å². The quantitative estimate of drug-likeness (QED) is 0.621. The number of nitrogens with one attached hydrogen (secondary N) is 1. The molecule has 0 amide bonds. The summed E-state index contributed by atoms with van der Waals surface area (Å²) in [6.07, 6.45) is 1.54. The van der Waals surface area contributed by atoms with Crippen molar-refractivity contribution in [2.24, 2.45) is 0 Å². The number of aromatic amines is 1. The SMILES string of the molecule is CC(C)(C)SCCSc1ncn[nH]1. The number of rotatable bonds is 4. The highest BCUT2D eigenvalue weighted by Gasteiger charge is 2.09. The molecule has 1 N–H and O–H groups in total. The molecule has 0 aliphatic carbocycles. The van der Waals surface area contributed by atoms with Crippen molar-refractivity contribution in [1.29, 1.82) is 0 Å². The van der Waals surface area contributed by atoms with Gasteiger partial charge in [0.05, 0.1) is 0 Å². The van der Waals surface area contributed by atoms with E-state index in [1.807, 2.05) is 11.8 Å². The van der Waals surface area contributed by atoms with Gasteiger partial charge in [-0.05, 0) is 0 Å². The van der Waals surface area contributed by atoms with Crippen molar-refractivity contribution in [3.8, 4) is 0 Å². The van der Waals surface area contributed by atoms with Gasteiger partial charge >= 0.3 is 0 Å². The van der Waals surface area contributed by atoms with Crippen LogP contribution in [0.5, 0.6) is 0 Å². The molecule has 0 saturated carbocycles. The lowest BCUT2D eigenvalue weighted by Crippen LogP contribution is -2.08. The number of hydrogen-bond acceptors (Lipinski definition) is 4. The Morgan fingerprint density at radius 1 is 1.38 bits per heavy atom. The molecular weight excluding hydrogens is 202 g/mol. The van der Waals surface area contributed by atoms with Crippen LogP contribution in [-0.4, -0.2) is 31.4 Å². The minimum atomic E-state index is 0.363. The van der Waals surface area contributed by atoms with Crippen LogP contribution < -0.4 is 0 Å². The number of nitrogens with zero attached hydrogens (tertiary/aromatic N) is 2. The van der Waals surface area contributed by atoms with Crippen LogP contribution in [0.1, 0.15) is 20.8 Å². The minimum Gasteiger partial charge on any atom is -0.254 e. The molecule has 74 valence electrons. The second-order valence-electron chi connectivity index (χ2n) is 3.60. The van der Waals surface area contributed by atoms with Crippen LogP contribution >= 0.6 is 23.5 Å². The molecule has 0 bridgehead atoms. The maximum absolute atomic E-state index is 4.04. The standard InChI is InChI=1S/C8H15N3S2/c1-8(2,3)13-5-4-12-7-9-6-10-11-7/h6H,4-5H2,1-3H3,(H,9,10,11). The Labute approximate surface area is 87.5 Å². The summed E-state index contributed by atoms with van der Waals surface area (Å²) < 4.78 is 0.363. The summed E-state index contributed by atoms with van der Waals surface area (Å²) in [6.45, 7) is 6.70. The molecule has 0 fully saturated rings. The first-order valence-electron chi connectivity index (χ1n) is 4.20. The summed E-state index contributed by atoms with van der Waals surface area (Å²) in [7, 11) is 0. The fraction of sp³-hybridized carbons (Fsp3) is 0.750. The largest absolute Gasteiger partial charge is 0.254 e. The van der Waals surface area contributed by atoms with Gasteiger partial charge in [-0.15, -0.1) is 0 Å². The molecule has 0 radical (unpaired) electrons. The molecule has 1 rings (SSSR count). The third-order valence-corrected chi connectivity index (χ3v) is 3.66. The van der Waals surface area contributed by atoms with Gasteiger partial charge in [0.15, 0.2) is 5.16 Å². The predicted octanol–water partition coefficient (Wildman–Crippen LogP) is 2.43. The van der Waals surface area contributed by atoms with Gasteiger partial charge in [0.25, 0.3) is 0 Å². The zero-order valence-corrected chi connectivity index (χ0v) is 9.84. The van der Waals surface area contributed by atoms with E-state index in [0.717, 1.165) is 16.7 Å². The minimum absolute atomic E-state index is 0.363. The highest BCUT2D eigenvalue weighted by molar-refractivity contribution is 8.03. The maximum atomic E-state index is 4.04. The van der Waals surface area contributed by atoms with E-state index in [0.29, 0.717) is 4.75 Å². The normalized spacial score (nSPS) is 11.9. The topological polar surface area (TPSA) is 41.6 Å². The maximum Gasteiger partial charge on any atom is 0.183 e. The first kappa shape index (κ1) is 10.9. The second kappa shape index (κ2) is 4.91. The molecule has 0 aromatic carbocycles. The lowest BCUT2D eigenvalue weighted by atomic mass is 10.3. The lowest BCUT2D eigenvalue weighted by molar-refractivity contribution is 0.803. The molecule has 0 spiro atoms. The van der Waals surface area contributed by atoms with Gasteiger partial charge in [-0.3, -0.25) is 5.10 Å². The van der Waals surface area contributed by atoms with Crippen molar-refractivity contribution < 1.29 is 0 Å². The van der Waals surface area contributed by atoms with Gasteiger partial charge in [0.1, 0.15) is 6.33 Å². The molecule has 13 heavy (non-hydrogen) atoms. The molecule has 5 heteroatoms. The van der Waals surface area contributed by atoms with Crippen molar-refractivity contribution in [3.05, 3.63) is 6.33 Å². The van der Waals surface area contributed by atoms with E-state index in [-0.39, 0.29) is 0 Å². The molecular formula is C8H15N3S2. The molecule has 3 nitrogen and oxygen atoms in total. The van der Waals surface area contributed by atoms with Crippen LogP contribution in [-0.2, 0) is 0 Å². The Kier molecular flexibility index (Phi) is 4.12. The fourth-order valence-corrected chi connectivity index (χ4v) is 2.46. The van der Waals surface area contributed by atoms with Gasteiger partial charge in [0.2, 0.25) is 0 Å². The molecule has 0 aliphatic rings. The average Bonchev–Trinajstić information content (AvgIpc) is 2.48. The number of H-pyrrole nitrogens is 1. The van der Waals surface area contributed by atoms with E-state index in [2.05, 4.69) is 36.0 Å². The van der Waals surface area contributed by atoms with Crippen molar-refractivity contribution in [2.45, 2.75) is 30.7 Å². The summed E-state index contributed by atoms with van der Waals surface area (Å²) in [6, 6.07) is 0. The summed E-state index contributed by atoms with van der Waals surface area (Å²) in [4.78, 5) is 4.04. The third-order valence-electron chi connectivity index (χ3n) is 1.25. The number of aromatic nitrogens is 3. The highest BCUT2D eigenvalue weighted by atomic mass is 32.2. The van der Waals surface area contributed by atoms with Gasteiger partial charge in [0, 0.05) is 16.3 Å². The number of hydrogen-bond donors (Lipinski definition) is 1. The van der Waals surface area contributed by atoms with Crippen molar-refractivity contribution >= 4 is 23.5 Å². The molecule has 0 unspecified atom stereocenters. The summed E-state index contributed by atoms with van der Waals surface area (Å²) >= 11 is 3.69. The Balaban J connectivity index is 2.09. The molecule has 0 atom stereocenters. The highest BCUT2D eigenvalue weighted by Crippen LogP contribution is 2.24. The Bertz CT molecular complexity index is 228. The lowest BCUT2D eigenvalue weighted by Gasteiger charge is -2.16. The first-order chi connectivity index (χ1) is 6.08. The summed E-state index contributed by atoms with van der Waals surface area (Å²) in [5.41, 5.74) is 0. The van der Waals surface area contributed by atoms with Crippen molar-refractivity contribution in [2.75, 3.05) is 11.5 Å². The van der Waals surface area contributed by atoms with E-state index in [4.69, 9.17) is 0 Å². The van der Waals surface area contributed by atoms with Crippen LogP contribution in [0.15, 0.2) is 11.5 Å². The van der Waals surface area contributed by atoms with Crippen LogP contribution in [0.4, 0.5) is 0 Å². The fourth-order valence-electron chi connectivity index (χ4n) is 0.750. The van der Waals surface area contributed by atoms with E-state index in [1.165, 1.54) is 0 Å². The van der Waals surface area contributed by atoms with E-state index in [9.17, 15) is 0 Å². The van der Waals surface area contributed by atoms with Crippen LogP contribution in [0.25, 0.3) is 0 Å². The summed E-state index contributed by atoms with van der Waals surface area (Å²) in [5.74, 6) is 2.23. The van der Waals surface area contributed by atoms with Crippen molar-refractivity contribution in [1.82, 2.24) is 15.2 Å². The van der Waals surface area contributed by atoms with Gasteiger partial charge in [-0.1, -0.05) is 32.5 Å². The zero-order chi connectivity index (χ0) is 9.73. The molecule has 1 aromatic heterocycles. The predicted molar refractivity (Wildman–Crippen MR) is 59.3 cm³/mol. The average molecular weight is 217 g/mol. The molecule has 0 aliphatic heterocycles. The van der Waals surface area contributed by atoms with Crippen LogP contribution in [0.2, 0.25) is 0 Å².